The molecule has 3 N–H and O–H groups in total. The van der Waals surface area contributed by atoms with E-state index in [1.807, 2.05) is 12.1 Å². The molecule has 2 rings (SSSR count). The predicted molar refractivity (Wildman–Crippen MR) is 58.8 cm³/mol. The molecule has 0 bridgehead atoms. The Morgan fingerprint density at radius 3 is 2.92 bits per heavy atom. The molecule has 70 valence electrons. The van der Waals surface area contributed by atoms with Gasteiger partial charge in [0.25, 0.3) is 0 Å². The maximum absolute atomic E-state index is 5.94. The third kappa shape index (κ3) is 1.71. The number of nitrogens with two attached hydrogens (primary N) is 1. The molecule has 1 fully saturated rings. The normalized spacial score (nSPS) is 22.1. The van der Waals surface area contributed by atoms with E-state index in [1.54, 1.807) is 0 Å². The van der Waals surface area contributed by atoms with Crippen LogP contribution in [0.2, 0.25) is 0 Å². The summed E-state index contributed by atoms with van der Waals surface area (Å²) in [7, 11) is 0. The molecule has 13 heavy (non-hydrogen) atoms. The van der Waals surface area contributed by atoms with Gasteiger partial charge in [-0.2, -0.15) is 0 Å². The van der Waals surface area contributed by atoms with Gasteiger partial charge in [0, 0.05) is 22.6 Å². The lowest BCUT2D eigenvalue weighted by Crippen LogP contribution is -2.09. The van der Waals surface area contributed by atoms with Crippen LogP contribution >= 0.6 is 15.9 Å². The van der Waals surface area contributed by atoms with E-state index >= 15 is 0 Å². The van der Waals surface area contributed by atoms with Crippen molar-refractivity contribution in [3.63, 3.8) is 0 Å². The highest BCUT2D eigenvalue weighted by Crippen LogP contribution is 2.33. The van der Waals surface area contributed by atoms with Gasteiger partial charge in [0.1, 0.15) is 0 Å². The van der Waals surface area contributed by atoms with Gasteiger partial charge in [0.15, 0.2) is 0 Å². The van der Waals surface area contributed by atoms with E-state index in [0.717, 1.165) is 23.2 Å². The average molecular weight is 241 g/mol. The van der Waals surface area contributed by atoms with E-state index in [9.17, 15) is 0 Å². The van der Waals surface area contributed by atoms with Gasteiger partial charge in [-0.3, -0.25) is 0 Å². The zero-order chi connectivity index (χ0) is 9.26. The highest BCUT2D eigenvalue weighted by molar-refractivity contribution is 9.10. The molecule has 1 atom stereocenters. The van der Waals surface area contributed by atoms with Crippen molar-refractivity contribution in [3.05, 3.63) is 28.2 Å². The quantitative estimate of drug-likeness (QED) is 0.739. The fraction of sp³-hybridized carbons (Fsp3) is 0.400. The molecule has 0 spiro atoms. The molecule has 0 saturated carbocycles. The molecule has 1 aromatic carbocycles. The molecule has 1 aliphatic rings. The average Bonchev–Trinajstić information content (AvgIpc) is 2.57. The first kappa shape index (κ1) is 9.03. The lowest BCUT2D eigenvalue weighted by atomic mass is 9.97. The third-order valence-electron chi connectivity index (χ3n) is 2.56. The summed E-state index contributed by atoms with van der Waals surface area (Å²) in [4.78, 5) is 0. The van der Waals surface area contributed by atoms with Crippen LogP contribution in [0.4, 0.5) is 5.69 Å². The highest BCUT2D eigenvalue weighted by atomic mass is 79.9. The molecular formula is C10H13BrN2. The van der Waals surface area contributed by atoms with Gasteiger partial charge in [-0.05, 0) is 30.7 Å². The lowest BCUT2D eigenvalue weighted by molar-refractivity contribution is 0.762. The van der Waals surface area contributed by atoms with Crippen molar-refractivity contribution in [1.82, 2.24) is 5.32 Å². The van der Waals surface area contributed by atoms with Gasteiger partial charge in [-0.15, -0.1) is 0 Å². The topological polar surface area (TPSA) is 38.0 Å². The second-order valence-corrected chi connectivity index (χ2v) is 4.29. The summed E-state index contributed by atoms with van der Waals surface area (Å²) in [6, 6.07) is 6.01. The zero-order valence-corrected chi connectivity index (χ0v) is 8.97. The number of hydrogen-bond donors (Lipinski definition) is 2. The molecular weight excluding hydrogens is 228 g/mol. The van der Waals surface area contributed by atoms with E-state index in [1.165, 1.54) is 12.0 Å². The maximum atomic E-state index is 5.94. The summed E-state index contributed by atoms with van der Waals surface area (Å²) in [5.74, 6) is 0.579. The van der Waals surface area contributed by atoms with E-state index in [0.29, 0.717) is 5.92 Å². The molecule has 1 unspecified atom stereocenters. The second kappa shape index (κ2) is 3.68. The SMILES string of the molecule is Nc1cccc(Br)c1C1CCNC1. The molecule has 1 aromatic rings. The molecule has 0 aromatic heterocycles. The van der Waals surface area contributed by atoms with Crippen LogP contribution in [0, 0.1) is 0 Å². The highest BCUT2D eigenvalue weighted by Gasteiger charge is 2.20. The number of anilines is 1. The minimum absolute atomic E-state index is 0.579. The van der Waals surface area contributed by atoms with Gasteiger partial charge in [-0.1, -0.05) is 22.0 Å². The van der Waals surface area contributed by atoms with Crippen molar-refractivity contribution in [2.45, 2.75) is 12.3 Å². The molecule has 0 amide bonds. The van der Waals surface area contributed by atoms with Gasteiger partial charge in [0.2, 0.25) is 0 Å². The Hall–Kier alpha value is -0.540. The monoisotopic (exact) mass is 240 g/mol. The Balaban J connectivity index is 2.37. The van der Waals surface area contributed by atoms with E-state index in [4.69, 9.17) is 5.73 Å². The van der Waals surface area contributed by atoms with Crippen LogP contribution in [0.25, 0.3) is 0 Å². The molecule has 2 nitrogen and oxygen atoms in total. The largest absolute Gasteiger partial charge is 0.398 e. The molecule has 0 radical (unpaired) electrons. The first-order valence-electron chi connectivity index (χ1n) is 4.53. The van der Waals surface area contributed by atoms with Crippen LogP contribution in [0.5, 0.6) is 0 Å². The first-order chi connectivity index (χ1) is 6.29. The third-order valence-corrected chi connectivity index (χ3v) is 3.25. The van der Waals surface area contributed by atoms with Gasteiger partial charge < -0.3 is 11.1 Å². The van der Waals surface area contributed by atoms with Crippen molar-refractivity contribution in [2.75, 3.05) is 18.8 Å². The summed E-state index contributed by atoms with van der Waals surface area (Å²) in [6.07, 6.45) is 1.19. The Kier molecular flexibility index (Phi) is 2.56. The van der Waals surface area contributed by atoms with Crippen LogP contribution in [-0.4, -0.2) is 13.1 Å². The van der Waals surface area contributed by atoms with Gasteiger partial charge in [0.05, 0.1) is 0 Å². The number of benzene rings is 1. The van der Waals surface area contributed by atoms with Crippen molar-refractivity contribution < 1.29 is 0 Å². The fourth-order valence-electron chi connectivity index (χ4n) is 1.89. The smallest absolute Gasteiger partial charge is 0.0361 e. The van der Waals surface area contributed by atoms with E-state index in [2.05, 4.69) is 27.3 Å². The first-order valence-corrected chi connectivity index (χ1v) is 5.33. The summed E-state index contributed by atoms with van der Waals surface area (Å²) in [6.45, 7) is 2.15. The zero-order valence-electron chi connectivity index (χ0n) is 7.39. The molecule has 0 aliphatic carbocycles. The molecule has 1 aliphatic heterocycles. The van der Waals surface area contributed by atoms with Crippen molar-refractivity contribution in [2.24, 2.45) is 0 Å². The Bertz CT molecular complexity index is 286. The standard InChI is InChI=1S/C10H13BrN2/c11-8-2-1-3-9(12)10(8)7-4-5-13-6-7/h1-3,7,13H,4-6,12H2. The molecule has 3 heteroatoms. The van der Waals surface area contributed by atoms with Gasteiger partial charge in [-0.25, -0.2) is 0 Å². The number of nitrogens with one attached hydrogen (secondary N) is 1. The fourth-order valence-corrected chi connectivity index (χ4v) is 2.59. The van der Waals surface area contributed by atoms with Crippen LogP contribution in [-0.2, 0) is 0 Å². The van der Waals surface area contributed by atoms with Crippen molar-refractivity contribution in [3.8, 4) is 0 Å². The van der Waals surface area contributed by atoms with Crippen molar-refractivity contribution in [1.29, 1.82) is 0 Å². The number of rotatable bonds is 1. The Labute approximate surface area is 86.6 Å². The van der Waals surface area contributed by atoms with E-state index < -0.39 is 0 Å². The summed E-state index contributed by atoms with van der Waals surface area (Å²) >= 11 is 3.55. The summed E-state index contributed by atoms with van der Waals surface area (Å²) < 4.78 is 1.14. The van der Waals surface area contributed by atoms with Gasteiger partial charge >= 0.3 is 0 Å². The minimum Gasteiger partial charge on any atom is -0.398 e. The molecule has 1 heterocycles. The van der Waals surface area contributed by atoms with Crippen LogP contribution in [0.1, 0.15) is 17.9 Å². The van der Waals surface area contributed by atoms with E-state index in [-0.39, 0.29) is 0 Å². The number of nitrogen functional groups attached to an aromatic ring is 1. The maximum Gasteiger partial charge on any atom is 0.0361 e. The number of hydrogen-bond acceptors (Lipinski definition) is 2. The molecule has 1 saturated heterocycles. The van der Waals surface area contributed by atoms with Crippen LogP contribution in [0.15, 0.2) is 22.7 Å². The summed E-state index contributed by atoms with van der Waals surface area (Å²) in [5.41, 5.74) is 8.12. The summed E-state index contributed by atoms with van der Waals surface area (Å²) in [5, 5.41) is 3.35. The Morgan fingerprint density at radius 1 is 1.46 bits per heavy atom. The van der Waals surface area contributed by atoms with Crippen LogP contribution < -0.4 is 11.1 Å². The minimum atomic E-state index is 0.579. The van der Waals surface area contributed by atoms with Crippen LogP contribution in [0.3, 0.4) is 0 Å². The number of halogens is 1. The Morgan fingerprint density at radius 2 is 2.31 bits per heavy atom. The second-order valence-electron chi connectivity index (χ2n) is 3.43. The predicted octanol–water partition coefficient (Wildman–Crippen LogP) is 2.11. The van der Waals surface area contributed by atoms with Crippen molar-refractivity contribution >= 4 is 21.6 Å². The lowest BCUT2D eigenvalue weighted by Gasteiger charge is -2.13.